The summed E-state index contributed by atoms with van der Waals surface area (Å²) in [6, 6.07) is 0. The minimum absolute atomic E-state index is 0.0869. The van der Waals surface area contributed by atoms with Crippen LogP contribution in [0.25, 0.3) is 0 Å². The number of ether oxygens (including phenoxy) is 1. The molecule has 0 bridgehead atoms. The van der Waals surface area contributed by atoms with Crippen LogP contribution in [0.2, 0.25) is 0 Å². The lowest BCUT2D eigenvalue weighted by molar-refractivity contribution is -0.250. The van der Waals surface area contributed by atoms with Crippen molar-refractivity contribution in [3.05, 3.63) is 12.2 Å². The number of carboxylic acid groups (broad SMARTS) is 1. The summed E-state index contributed by atoms with van der Waals surface area (Å²) in [6.07, 6.45) is 14.6. The van der Waals surface area contributed by atoms with E-state index in [0.717, 1.165) is 37.6 Å². The van der Waals surface area contributed by atoms with Gasteiger partial charge in [0.1, 0.15) is 6.10 Å². The third-order valence-corrected chi connectivity index (χ3v) is 15.5. The molecule has 5 saturated carbocycles. The number of nitrogens with two attached hydrogens (primary N) is 1. The Hall–Kier alpha value is -1.36. The summed E-state index contributed by atoms with van der Waals surface area (Å²) in [4.78, 5) is 24.7. The maximum atomic E-state index is 13.0. The Balaban J connectivity index is 1.41. The van der Waals surface area contributed by atoms with Crippen molar-refractivity contribution in [3.8, 4) is 0 Å². The van der Waals surface area contributed by atoms with Crippen LogP contribution in [0, 0.1) is 62.1 Å². The number of esters is 1. The van der Waals surface area contributed by atoms with Gasteiger partial charge in [-0.05, 0) is 156 Å². The van der Waals surface area contributed by atoms with Crippen LogP contribution >= 0.6 is 0 Å². The molecule has 0 heterocycles. The zero-order valence-corrected chi connectivity index (χ0v) is 28.8. The Morgan fingerprint density at radius 1 is 0.907 bits per heavy atom. The fraction of sp³-hybridized carbons (Fsp3) is 0.895. The van der Waals surface area contributed by atoms with Gasteiger partial charge in [-0.1, -0.05) is 46.8 Å². The number of hydrogen-bond acceptors (Lipinski definition) is 4. The van der Waals surface area contributed by atoms with E-state index in [9.17, 15) is 14.7 Å². The minimum Gasteiger partial charge on any atom is -0.481 e. The van der Waals surface area contributed by atoms with E-state index in [-0.39, 0.29) is 29.3 Å². The first-order valence-electron chi connectivity index (χ1n) is 17.7. The lowest BCUT2D eigenvalue weighted by atomic mass is 9.32. The summed E-state index contributed by atoms with van der Waals surface area (Å²) in [6.45, 7) is 23.5. The van der Waals surface area contributed by atoms with Gasteiger partial charge in [0.2, 0.25) is 0 Å². The first-order valence-corrected chi connectivity index (χ1v) is 17.7. The fourth-order valence-electron chi connectivity index (χ4n) is 13.0. The van der Waals surface area contributed by atoms with E-state index in [2.05, 4.69) is 48.1 Å². The number of aliphatic carboxylic acids is 1. The predicted octanol–water partition coefficient (Wildman–Crippen LogP) is 8.80. The highest BCUT2D eigenvalue weighted by Gasteiger charge is 2.71. The smallest absolute Gasteiger partial charge is 0.309 e. The van der Waals surface area contributed by atoms with E-state index in [0.29, 0.717) is 34.0 Å². The molecule has 10 atom stereocenters. The van der Waals surface area contributed by atoms with Gasteiger partial charge in [-0.25, -0.2) is 0 Å². The van der Waals surface area contributed by atoms with Crippen molar-refractivity contribution in [1.29, 1.82) is 0 Å². The van der Waals surface area contributed by atoms with Gasteiger partial charge in [0.25, 0.3) is 0 Å². The molecule has 1 unspecified atom stereocenters. The molecule has 0 aromatic heterocycles. The quantitative estimate of drug-likeness (QED) is 0.216. The van der Waals surface area contributed by atoms with Gasteiger partial charge in [0.05, 0.1) is 11.8 Å². The molecule has 0 radical (unpaired) electrons. The first kappa shape index (κ1) is 33.0. The van der Waals surface area contributed by atoms with Crippen molar-refractivity contribution in [2.24, 2.45) is 67.8 Å². The Morgan fingerprint density at radius 3 is 2.23 bits per heavy atom. The summed E-state index contributed by atoms with van der Waals surface area (Å²) < 4.78 is 6.16. The molecule has 3 N–H and O–H groups in total. The largest absolute Gasteiger partial charge is 0.481 e. The number of carboxylic acids is 1. The fourth-order valence-corrected chi connectivity index (χ4v) is 13.0. The average molecular weight is 598 g/mol. The van der Waals surface area contributed by atoms with Crippen LogP contribution in [0.15, 0.2) is 12.2 Å². The Labute approximate surface area is 262 Å². The van der Waals surface area contributed by atoms with Crippen LogP contribution in [-0.2, 0) is 14.3 Å². The van der Waals surface area contributed by atoms with Gasteiger partial charge >= 0.3 is 11.9 Å². The summed E-state index contributed by atoms with van der Waals surface area (Å²) in [7, 11) is 0. The lowest BCUT2D eigenvalue weighted by Crippen LogP contribution is -2.66. The lowest BCUT2D eigenvalue weighted by Gasteiger charge is -2.73. The van der Waals surface area contributed by atoms with Crippen LogP contribution in [0.5, 0.6) is 0 Å². The van der Waals surface area contributed by atoms with Gasteiger partial charge in [0, 0.05) is 5.41 Å². The van der Waals surface area contributed by atoms with E-state index < -0.39 is 11.4 Å². The molecule has 244 valence electrons. The highest BCUT2D eigenvalue weighted by Crippen LogP contribution is 2.78. The van der Waals surface area contributed by atoms with E-state index in [4.69, 9.17) is 10.5 Å². The van der Waals surface area contributed by atoms with Gasteiger partial charge in [-0.15, -0.1) is 0 Å². The second-order valence-electron chi connectivity index (χ2n) is 18.1. The molecule has 5 fully saturated rings. The van der Waals surface area contributed by atoms with Crippen molar-refractivity contribution >= 4 is 11.9 Å². The van der Waals surface area contributed by atoms with Crippen molar-refractivity contribution in [3.63, 3.8) is 0 Å². The molecule has 5 rings (SSSR count). The van der Waals surface area contributed by atoms with Crippen molar-refractivity contribution in [1.82, 2.24) is 0 Å². The molecule has 0 spiro atoms. The molecular formula is C38H63NO4. The third kappa shape index (κ3) is 4.87. The number of rotatable bonds is 8. The first-order chi connectivity index (χ1) is 19.9. The van der Waals surface area contributed by atoms with E-state index in [1.54, 1.807) is 13.8 Å². The normalized spacial score (nSPS) is 45.2. The molecule has 5 heteroatoms. The van der Waals surface area contributed by atoms with Gasteiger partial charge < -0.3 is 15.6 Å². The average Bonchev–Trinajstić information content (AvgIpc) is 3.29. The number of carbonyl (C=O) groups excluding carboxylic acids is 1. The van der Waals surface area contributed by atoms with Crippen LogP contribution in [0.4, 0.5) is 0 Å². The molecule has 5 aliphatic rings. The van der Waals surface area contributed by atoms with E-state index in [1.807, 2.05) is 0 Å². The van der Waals surface area contributed by atoms with Crippen molar-refractivity contribution in [2.75, 3.05) is 6.54 Å². The van der Waals surface area contributed by atoms with Gasteiger partial charge in [-0.2, -0.15) is 0 Å². The minimum atomic E-state index is -1.12. The van der Waals surface area contributed by atoms with Gasteiger partial charge in [-0.3, -0.25) is 9.59 Å². The second-order valence-corrected chi connectivity index (χ2v) is 18.1. The molecule has 0 aliphatic heterocycles. The zero-order valence-electron chi connectivity index (χ0n) is 28.8. The zero-order chi connectivity index (χ0) is 31.8. The number of allylic oxidation sites excluding steroid dienone is 1. The maximum absolute atomic E-state index is 13.0. The van der Waals surface area contributed by atoms with Crippen LogP contribution in [0.1, 0.15) is 139 Å². The summed E-state index contributed by atoms with van der Waals surface area (Å²) in [5.74, 6) is 1.99. The Bertz CT molecular complexity index is 1130. The molecule has 43 heavy (non-hydrogen) atoms. The number of carbonyl (C=O) groups is 2. The van der Waals surface area contributed by atoms with Crippen molar-refractivity contribution in [2.45, 2.75) is 145 Å². The second kappa shape index (κ2) is 10.9. The SMILES string of the molecule is C=C(C)C1CC[C@]2(CCCN)CC[C@]3(C)[C@H](CC[C@@H]4[C@@]5(C)CC[C@H](OC(=O)CC(C)(C)C(=O)O)C(C)(C)[C@@H]5CC[C@]43C)[C@@H]12. The number of fused-ring (bicyclic) bond motifs is 7. The van der Waals surface area contributed by atoms with E-state index in [1.165, 1.54) is 63.4 Å². The van der Waals surface area contributed by atoms with Crippen LogP contribution in [-0.4, -0.2) is 29.7 Å². The van der Waals surface area contributed by atoms with E-state index >= 15 is 0 Å². The number of hydrogen-bond donors (Lipinski definition) is 2. The summed E-state index contributed by atoms with van der Waals surface area (Å²) in [5.41, 5.74) is 7.54. The monoisotopic (exact) mass is 597 g/mol. The Kier molecular flexibility index (Phi) is 8.35. The summed E-state index contributed by atoms with van der Waals surface area (Å²) >= 11 is 0. The Morgan fingerprint density at radius 2 is 1.60 bits per heavy atom. The molecule has 0 amide bonds. The maximum Gasteiger partial charge on any atom is 0.309 e. The molecule has 0 aromatic rings. The topological polar surface area (TPSA) is 89.6 Å². The van der Waals surface area contributed by atoms with Crippen LogP contribution in [0.3, 0.4) is 0 Å². The van der Waals surface area contributed by atoms with Crippen molar-refractivity contribution < 1.29 is 19.4 Å². The van der Waals surface area contributed by atoms with Gasteiger partial charge in [0.15, 0.2) is 0 Å². The standard InChI is InChI=1S/C38H63NO4/c1-24(2)25-13-19-38(16-10-22-39)21-20-36(8)26(31(25)38)11-12-28-35(7)17-15-29(43-30(40)23-33(3,4)32(41)42)34(5,6)27(35)14-18-37(28,36)9/h25-29,31H,1,10-23,39H2,2-9H3,(H,41,42)/t25?,26-,27+,28-,29+,31-,35+,36-,37-,38-/m1/s1. The molecular weight excluding hydrogens is 534 g/mol. The molecule has 0 aromatic carbocycles. The third-order valence-electron chi connectivity index (χ3n) is 15.5. The predicted molar refractivity (Wildman–Crippen MR) is 173 cm³/mol. The highest BCUT2D eigenvalue weighted by molar-refractivity contribution is 5.81. The molecule has 0 saturated heterocycles. The van der Waals surface area contributed by atoms with Crippen LogP contribution < -0.4 is 5.73 Å². The molecule has 5 aliphatic carbocycles. The molecule has 5 nitrogen and oxygen atoms in total. The summed E-state index contributed by atoms with van der Waals surface area (Å²) in [5, 5.41) is 9.55. The highest BCUT2D eigenvalue weighted by atomic mass is 16.5.